The molecule has 0 atom stereocenters. The number of aromatic nitrogens is 2. The number of rotatable bonds is 1. The first kappa shape index (κ1) is 9.73. The minimum atomic E-state index is -0.370. The van der Waals surface area contributed by atoms with E-state index in [9.17, 15) is 4.79 Å². The quantitative estimate of drug-likeness (QED) is 0.793. The summed E-state index contributed by atoms with van der Waals surface area (Å²) in [6, 6.07) is 10.3. The molecule has 0 aliphatic rings. The first-order valence-corrected chi connectivity index (χ1v) is 4.67. The predicted molar refractivity (Wildman–Crippen MR) is 59.3 cm³/mol. The predicted octanol–water partition coefficient (Wildman–Crippen LogP) is 1.47. The summed E-state index contributed by atoms with van der Waals surface area (Å²) in [7, 11) is 0. The standard InChI is InChI=1S/C10H8ClN3O/c11-9-6-8(12)10(15)14(13-9)7-4-2-1-3-5-7/h1-6H,12H2. The minimum absolute atomic E-state index is 0.0823. The molecule has 2 N–H and O–H groups in total. The first-order valence-electron chi connectivity index (χ1n) is 4.29. The van der Waals surface area contributed by atoms with E-state index >= 15 is 0 Å². The first-order chi connectivity index (χ1) is 7.18. The molecule has 0 aliphatic heterocycles. The number of para-hydroxylation sites is 1. The van der Waals surface area contributed by atoms with Crippen LogP contribution in [0.3, 0.4) is 0 Å². The molecular formula is C10H8ClN3O. The van der Waals surface area contributed by atoms with Crippen molar-refractivity contribution >= 4 is 17.3 Å². The van der Waals surface area contributed by atoms with Crippen molar-refractivity contribution in [3.8, 4) is 5.69 Å². The molecular weight excluding hydrogens is 214 g/mol. The van der Waals surface area contributed by atoms with Crippen LogP contribution in [0, 0.1) is 0 Å². The zero-order valence-electron chi connectivity index (χ0n) is 7.72. The lowest BCUT2D eigenvalue weighted by Crippen LogP contribution is -2.23. The van der Waals surface area contributed by atoms with E-state index in [1.54, 1.807) is 24.3 Å². The Kier molecular flexibility index (Phi) is 2.43. The van der Waals surface area contributed by atoms with Crippen LogP contribution in [0.5, 0.6) is 0 Å². The van der Waals surface area contributed by atoms with Crippen LogP contribution in [-0.4, -0.2) is 9.78 Å². The second kappa shape index (κ2) is 3.74. The van der Waals surface area contributed by atoms with Crippen LogP contribution in [0.2, 0.25) is 5.15 Å². The van der Waals surface area contributed by atoms with E-state index in [4.69, 9.17) is 17.3 Å². The molecule has 1 aromatic heterocycles. The van der Waals surface area contributed by atoms with Crippen molar-refractivity contribution in [2.24, 2.45) is 0 Å². The topological polar surface area (TPSA) is 60.9 Å². The number of anilines is 1. The van der Waals surface area contributed by atoms with E-state index in [1.807, 2.05) is 6.07 Å². The number of benzene rings is 1. The van der Waals surface area contributed by atoms with Crippen LogP contribution in [0.15, 0.2) is 41.2 Å². The average Bonchev–Trinajstić information content (AvgIpc) is 2.24. The molecule has 0 saturated carbocycles. The Hall–Kier alpha value is -1.81. The van der Waals surface area contributed by atoms with Crippen LogP contribution in [0.25, 0.3) is 5.69 Å². The molecule has 2 rings (SSSR count). The molecule has 0 spiro atoms. The Morgan fingerprint density at radius 2 is 1.93 bits per heavy atom. The zero-order chi connectivity index (χ0) is 10.8. The molecule has 0 bridgehead atoms. The second-order valence-electron chi connectivity index (χ2n) is 2.97. The lowest BCUT2D eigenvalue weighted by atomic mass is 10.3. The summed E-state index contributed by atoms with van der Waals surface area (Å²) in [5.41, 5.74) is 5.85. The lowest BCUT2D eigenvalue weighted by molar-refractivity contribution is 0.811. The van der Waals surface area contributed by atoms with Crippen molar-refractivity contribution < 1.29 is 0 Å². The minimum Gasteiger partial charge on any atom is -0.394 e. The molecule has 0 amide bonds. The zero-order valence-corrected chi connectivity index (χ0v) is 8.48. The highest BCUT2D eigenvalue weighted by Gasteiger charge is 2.05. The molecule has 76 valence electrons. The smallest absolute Gasteiger partial charge is 0.294 e. The van der Waals surface area contributed by atoms with Gasteiger partial charge in [0, 0.05) is 6.07 Å². The van der Waals surface area contributed by atoms with Crippen molar-refractivity contribution in [3.05, 3.63) is 51.9 Å². The number of nitrogen functional groups attached to an aromatic ring is 1. The van der Waals surface area contributed by atoms with Gasteiger partial charge in [0.2, 0.25) is 0 Å². The third-order valence-corrected chi connectivity index (χ3v) is 2.09. The highest BCUT2D eigenvalue weighted by molar-refractivity contribution is 6.29. The Morgan fingerprint density at radius 3 is 2.60 bits per heavy atom. The molecule has 4 nitrogen and oxygen atoms in total. The molecule has 2 aromatic rings. The highest BCUT2D eigenvalue weighted by atomic mass is 35.5. The van der Waals surface area contributed by atoms with Gasteiger partial charge in [-0.1, -0.05) is 29.8 Å². The fourth-order valence-corrected chi connectivity index (χ4v) is 1.42. The molecule has 15 heavy (non-hydrogen) atoms. The van der Waals surface area contributed by atoms with E-state index in [0.29, 0.717) is 5.69 Å². The Labute approximate surface area is 90.9 Å². The van der Waals surface area contributed by atoms with E-state index < -0.39 is 0 Å². The summed E-state index contributed by atoms with van der Waals surface area (Å²) < 4.78 is 1.18. The van der Waals surface area contributed by atoms with Crippen molar-refractivity contribution in [2.45, 2.75) is 0 Å². The summed E-state index contributed by atoms with van der Waals surface area (Å²) in [6.45, 7) is 0. The average molecular weight is 222 g/mol. The highest BCUT2D eigenvalue weighted by Crippen LogP contribution is 2.08. The maximum atomic E-state index is 11.6. The molecule has 5 heteroatoms. The van der Waals surface area contributed by atoms with Gasteiger partial charge in [0.25, 0.3) is 5.56 Å². The second-order valence-corrected chi connectivity index (χ2v) is 3.36. The molecule has 0 unspecified atom stereocenters. The molecule has 0 aliphatic carbocycles. The van der Waals surface area contributed by atoms with E-state index in [1.165, 1.54) is 10.7 Å². The Morgan fingerprint density at radius 1 is 1.27 bits per heavy atom. The van der Waals surface area contributed by atoms with Gasteiger partial charge in [-0.3, -0.25) is 4.79 Å². The normalized spacial score (nSPS) is 10.2. The van der Waals surface area contributed by atoms with E-state index in [0.717, 1.165) is 0 Å². The fraction of sp³-hybridized carbons (Fsp3) is 0. The van der Waals surface area contributed by atoms with Crippen LogP contribution in [-0.2, 0) is 0 Å². The Bertz CT molecular complexity index is 536. The molecule has 1 heterocycles. The van der Waals surface area contributed by atoms with Crippen LogP contribution in [0.1, 0.15) is 0 Å². The number of nitrogens with zero attached hydrogens (tertiary/aromatic N) is 2. The summed E-state index contributed by atoms with van der Waals surface area (Å²) >= 11 is 5.72. The molecule has 0 fully saturated rings. The summed E-state index contributed by atoms with van der Waals surface area (Å²) in [4.78, 5) is 11.6. The summed E-state index contributed by atoms with van der Waals surface area (Å²) in [5.74, 6) is 0. The van der Waals surface area contributed by atoms with Gasteiger partial charge >= 0.3 is 0 Å². The van der Waals surface area contributed by atoms with E-state index in [2.05, 4.69) is 5.10 Å². The van der Waals surface area contributed by atoms with Gasteiger partial charge in [-0.2, -0.15) is 9.78 Å². The molecule has 0 saturated heterocycles. The van der Waals surface area contributed by atoms with Crippen molar-refractivity contribution in [1.82, 2.24) is 9.78 Å². The van der Waals surface area contributed by atoms with Gasteiger partial charge in [0.05, 0.1) is 5.69 Å². The van der Waals surface area contributed by atoms with Crippen molar-refractivity contribution in [3.63, 3.8) is 0 Å². The van der Waals surface area contributed by atoms with E-state index in [-0.39, 0.29) is 16.4 Å². The van der Waals surface area contributed by atoms with Crippen LogP contribution < -0.4 is 11.3 Å². The lowest BCUT2D eigenvalue weighted by Gasteiger charge is -2.04. The third kappa shape index (κ3) is 1.85. The van der Waals surface area contributed by atoms with Crippen molar-refractivity contribution in [2.75, 3.05) is 5.73 Å². The Balaban J connectivity index is 2.69. The number of nitrogens with two attached hydrogens (primary N) is 1. The van der Waals surface area contributed by atoms with Gasteiger partial charge in [-0.05, 0) is 12.1 Å². The fourth-order valence-electron chi connectivity index (χ4n) is 1.23. The van der Waals surface area contributed by atoms with Crippen LogP contribution >= 0.6 is 11.6 Å². The number of hydrogen-bond donors (Lipinski definition) is 1. The van der Waals surface area contributed by atoms with Crippen molar-refractivity contribution in [1.29, 1.82) is 0 Å². The van der Waals surface area contributed by atoms with Gasteiger partial charge in [0.15, 0.2) is 5.15 Å². The monoisotopic (exact) mass is 221 g/mol. The van der Waals surface area contributed by atoms with Gasteiger partial charge in [-0.15, -0.1) is 0 Å². The third-order valence-electron chi connectivity index (χ3n) is 1.91. The SMILES string of the molecule is Nc1cc(Cl)nn(-c2ccccc2)c1=O. The van der Waals surface area contributed by atoms with Gasteiger partial charge < -0.3 is 5.73 Å². The summed E-state index contributed by atoms with van der Waals surface area (Å²) in [6.07, 6.45) is 0. The van der Waals surface area contributed by atoms with Crippen LogP contribution in [0.4, 0.5) is 5.69 Å². The van der Waals surface area contributed by atoms with Gasteiger partial charge in [-0.25, -0.2) is 0 Å². The maximum Gasteiger partial charge on any atom is 0.294 e. The summed E-state index contributed by atoms with van der Waals surface area (Å²) in [5, 5.41) is 4.08. The number of hydrogen-bond acceptors (Lipinski definition) is 3. The molecule has 0 radical (unpaired) electrons. The van der Waals surface area contributed by atoms with Gasteiger partial charge in [0.1, 0.15) is 5.69 Å². The maximum absolute atomic E-state index is 11.6. The number of halogens is 1. The largest absolute Gasteiger partial charge is 0.394 e. The molecule has 1 aromatic carbocycles.